The van der Waals surface area contributed by atoms with Gasteiger partial charge in [-0.1, -0.05) is 20.8 Å². The first-order chi connectivity index (χ1) is 10.7. The summed E-state index contributed by atoms with van der Waals surface area (Å²) in [6.45, 7) is 10.2. The van der Waals surface area contributed by atoms with E-state index in [9.17, 15) is 4.79 Å². The fraction of sp³-hybridized carbons (Fsp3) is 0.471. The molecule has 1 atom stereocenters. The zero-order valence-corrected chi connectivity index (χ0v) is 14.3. The average molecular weight is 319 g/mol. The van der Waals surface area contributed by atoms with Crippen molar-refractivity contribution in [1.29, 1.82) is 0 Å². The van der Waals surface area contributed by atoms with Crippen molar-refractivity contribution in [1.82, 2.24) is 10.8 Å². The van der Waals surface area contributed by atoms with Crippen molar-refractivity contribution in [3.63, 3.8) is 0 Å². The smallest absolute Gasteiger partial charge is 0.326 e. The molecular weight excluding hydrogens is 294 g/mol. The van der Waals surface area contributed by atoms with Crippen molar-refractivity contribution in [2.45, 2.75) is 46.8 Å². The maximum absolute atomic E-state index is 12.0. The predicted molar refractivity (Wildman–Crippen MR) is 89.9 cm³/mol. The van der Waals surface area contributed by atoms with Crippen LogP contribution < -0.4 is 20.9 Å². The van der Waals surface area contributed by atoms with Gasteiger partial charge in [0.15, 0.2) is 0 Å². The highest BCUT2D eigenvalue weighted by atomic mass is 16.7. The molecule has 0 bridgehead atoms. The minimum Gasteiger partial charge on any atom is -0.491 e. The van der Waals surface area contributed by atoms with Crippen LogP contribution in [0.15, 0.2) is 36.2 Å². The van der Waals surface area contributed by atoms with Gasteiger partial charge < -0.3 is 14.9 Å². The van der Waals surface area contributed by atoms with Gasteiger partial charge in [0.25, 0.3) is 0 Å². The molecule has 1 aliphatic rings. The van der Waals surface area contributed by atoms with Crippen molar-refractivity contribution in [2.75, 3.05) is 5.32 Å². The Balaban J connectivity index is 1.88. The van der Waals surface area contributed by atoms with E-state index >= 15 is 0 Å². The Hall–Kier alpha value is -2.21. The number of carbonyl (C=O) groups excluding carboxylic acids is 1. The van der Waals surface area contributed by atoms with Gasteiger partial charge >= 0.3 is 6.03 Å². The number of nitrogens with one attached hydrogen (secondary N) is 3. The number of hydrogen-bond acceptors (Lipinski definition) is 4. The van der Waals surface area contributed by atoms with Crippen LogP contribution in [0.4, 0.5) is 10.5 Å². The van der Waals surface area contributed by atoms with E-state index in [4.69, 9.17) is 9.57 Å². The van der Waals surface area contributed by atoms with E-state index in [2.05, 4.69) is 36.9 Å². The predicted octanol–water partition coefficient (Wildman–Crippen LogP) is 3.39. The number of rotatable bonds is 4. The molecule has 3 N–H and O–H groups in total. The molecule has 0 spiro atoms. The van der Waals surface area contributed by atoms with Crippen LogP contribution in [0.3, 0.4) is 0 Å². The summed E-state index contributed by atoms with van der Waals surface area (Å²) < 4.78 is 5.56. The highest BCUT2D eigenvalue weighted by Gasteiger charge is 2.29. The molecule has 1 heterocycles. The van der Waals surface area contributed by atoms with Gasteiger partial charge in [-0.3, -0.25) is 5.32 Å². The number of urea groups is 1. The quantitative estimate of drug-likeness (QED) is 0.795. The van der Waals surface area contributed by atoms with Crippen LogP contribution >= 0.6 is 0 Å². The van der Waals surface area contributed by atoms with Crippen LogP contribution in [0.1, 0.15) is 34.6 Å². The average Bonchev–Trinajstić information content (AvgIpc) is 2.89. The molecule has 6 nitrogen and oxygen atoms in total. The second-order valence-corrected chi connectivity index (χ2v) is 6.86. The molecule has 0 saturated carbocycles. The molecule has 1 aromatic rings. The second kappa shape index (κ2) is 6.91. The van der Waals surface area contributed by atoms with Crippen LogP contribution in [0.2, 0.25) is 0 Å². The summed E-state index contributed by atoms with van der Waals surface area (Å²) >= 11 is 0. The molecule has 0 aromatic heterocycles. The van der Waals surface area contributed by atoms with E-state index in [1.54, 1.807) is 12.1 Å². The summed E-state index contributed by atoms with van der Waals surface area (Å²) in [5.41, 5.74) is 3.57. The summed E-state index contributed by atoms with van der Waals surface area (Å²) in [6, 6.07) is 6.90. The first-order valence-electron chi connectivity index (χ1n) is 7.73. The SMILES string of the molecule is CC(C)Oc1ccc(NC(=O)NC2=CC(C(C)(C)C)NO2)cc1. The van der Waals surface area contributed by atoms with Gasteiger partial charge in [-0.2, -0.15) is 0 Å². The molecule has 6 heteroatoms. The lowest BCUT2D eigenvalue weighted by Gasteiger charge is -2.23. The third kappa shape index (κ3) is 5.17. The zero-order chi connectivity index (χ0) is 17.0. The molecule has 0 fully saturated rings. The molecule has 2 amide bonds. The number of amides is 2. The molecule has 23 heavy (non-hydrogen) atoms. The van der Waals surface area contributed by atoms with E-state index in [0.29, 0.717) is 11.6 Å². The van der Waals surface area contributed by atoms with E-state index in [-0.39, 0.29) is 23.6 Å². The van der Waals surface area contributed by atoms with E-state index in [0.717, 1.165) is 5.75 Å². The number of hydroxylamine groups is 1. The lowest BCUT2D eigenvalue weighted by atomic mass is 9.87. The molecular formula is C17H25N3O3. The van der Waals surface area contributed by atoms with Crippen molar-refractivity contribution < 1.29 is 14.4 Å². The minimum absolute atomic E-state index is 0.00610. The fourth-order valence-corrected chi connectivity index (χ4v) is 2.00. The van der Waals surface area contributed by atoms with Crippen molar-refractivity contribution in [3.05, 3.63) is 36.2 Å². The van der Waals surface area contributed by atoms with E-state index in [1.165, 1.54) is 0 Å². The largest absolute Gasteiger partial charge is 0.491 e. The number of benzene rings is 1. The Morgan fingerprint density at radius 3 is 2.39 bits per heavy atom. The Kier molecular flexibility index (Phi) is 5.15. The van der Waals surface area contributed by atoms with Crippen molar-refractivity contribution >= 4 is 11.7 Å². The normalized spacial score (nSPS) is 17.5. The molecule has 2 rings (SSSR count). The van der Waals surface area contributed by atoms with Crippen LogP contribution in [0.25, 0.3) is 0 Å². The van der Waals surface area contributed by atoms with Gasteiger partial charge in [0, 0.05) is 5.69 Å². The van der Waals surface area contributed by atoms with Crippen molar-refractivity contribution in [2.24, 2.45) is 5.41 Å². The number of anilines is 1. The third-order valence-electron chi connectivity index (χ3n) is 3.27. The molecule has 0 saturated heterocycles. The molecule has 0 radical (unpaired) electrons. The first-order valence-corrected chi connectivity index (χ1v) is 7.73. The standard InChI is InChI=1S/C17H25N3O3/c1-11(2)22-13-8-6-12(7-9-13)18-16(21)19-15-10-14(20-23-15)17(3,4)5/h6-11,14,20H,1-5H3,(H2,18,19,21). The molecule has 1 unspecified atom stereocenters. The number of hydrogen-bond donors (Lipinski definition) is 3. The van der Waals surface area contributed by atoms with Crippen LogP contribution in [0.5, 0.6) is 5.75 Å². The molecule has 1 aromatic carbocycles. The third-order valence-corrected chi connectivity index (χ3v) is 3.27. The summed E-state index contributed by atoms with van der Waals surface area (Å²) in [5, 5.41) is 5.42. The maximum atomic E-state index is 12.0. The Labute approximate surface area is 137 Å². The van der Waals surface area contributed by atoms with Crippen LogP contribution in [-0.2, 0) is 4.84 Å². The van der Waals surface area contributed by atoms with Gasteiger partial charge in [-0.25, -0.2) is 4.79 Å². The van der Waals surface area contributed by atoms with Gasteiger partial charge in [-0.05, 0) is 49.6 Å². The Bertz CT molecular complexity index is 574. The number of carbonyl (C=O) groups is 1. The lowest BCUT2D eigenvalue weighted by Crippen LogP contribution is -2.34. The molecule has 0 aliphatic carbocycles. The first kappa shape index (κ1) is 17.1. The summed E-state index contributed by atoms with van der Waals surface area (Å²) in [5.74, 6) is 1.17. The molecule has 1 aliphatic heterocycles. The Morgan fingerprint density at radius 2 is 1.87 bits per heavy atom. The van der Waals surface area contributed by atoms with Crippen LogP contribution in [-0.4, -0.2) is 18.2 Å². The summed E-state index contributed by atoms with van der Waals surface area (Å²) in [6.07, 6.45) is 1.98. The Morgan fingerprint density at radius 1 is 1.22 bits per heavy atom. The van der Waals surface area contributed by atoms with E-state index in [1.807, 2.05) is 32.1 Å². The van der Waals surface area contributed by atoms with Crippen LogP contribution in [0, 0.1) is 5.41 Å². The van der Waals surface area contributed by atoms with Gasteiger partial charge in [0.05, 0.1) is 12.1 Å². The van der Waals surface area contributed by atoms with Gasteiger partial charge in [-0.15, -0.1) is 5.48 Å². The monoisotopic (exact) mass is 319 g/mol. The minimum atomic E-state index is -0.356. The second-order valence-electron chi connectivity index (χ2n) is 6.86. The van der Waals surface area contributed by atoms with Gasteiger partial charge in [0.2, 0.25) is 5.88 Å². The number of ether oxygens (including phenoxy) is 1. The molecule has 126 valence electrons. The lowest BCUT2D eigenvalue weighted by molar-refractivity contribution is 0.0772. The summed E-state index contributed by atoms with van der Waals surface area (Å²) in [7, 11) is 0. The fourth-order valence-electron chi connectivity index (χ4n) is 2.00. The zero-order valence-electron chi connectivity index (χ0n) is 14.3. The van der Waals surface area contributed by atoms with Gasteiger partial charge in [0.1, 0.15) is 5.75 Å². The summed E-state index contributed by atoms with van der Waals surface area (Å²) in [4.78, 5) is 17.3. The highest BCUT2D eigenvalue weighted by molar-refractivity contribution is 5.90. The maximum Gasteiger partial charge on any atom is 0.326 e. The highest BCUT2D eigenvalue weighted by Crippen LogP contribution is 2.24. The topological polar surface area (TPSA) is 71.6 Å². The van der Waals surface area contributed by atoms with Crippen molar-refractivity contribution in [3.8, 4) is 5.75 Å². The van der Waals surface area contributed by atoms with E-state index < -0.39 is 0 Å².